The molecule has 0 saturated heterocycles. The lowest BCUT2D eigenvalue weighted by Gasteiger charge is -2.01. The first-order valence-corrected chi connectivity index (χ1v) is 4.34. The third-order valence-electron chi connectivity index (χ3n) is 2.05. The van der Waals surface area contributed by atoms with Gasteiger partial charge in [-0.25, -0.2) is 9.78 Å². The van der Waals surface area contributed by atoms with E-state index in [1.54, 1.807) is 13.0 Å². The Bertz CT molecular complexity index is 489. The first kappa shape index (κ1) is 9.45. The van der Waals surface area contributed by atoms with E-state index in [9.17, 15) is 4.79 Å². The maximum atomic E-state index is 10.9. The number of aromatic nitrogens is 1. The molecule has 0 atom stereocenters. The van der Waals surface area contributed by atoms with Crippen molar-refractivity contribution in [2.75, 3.05) is 0 Å². The van der Waals surface area contributed by atoms with E-state index in [4.69, 9.17) is 9.52 Å². The molecule has 0 unspecified atom stereocenters. The van der Waals surface area contributed by atoms with Crippen molar-refractivity contribution in [3.05, 3.63) is 41.8 Å². The monoisotopic (exact) mass is 202 g/mol. The first-order chi connectivity index (χ1) is 7.18. The molecule has 0 saturated carbocycles. The highest BCUT2D eigenvalue weighted by Crippen LogP contribution is 2.20. The summed E-state index contributed by atoms with van der Waals surface area (Å²) < 4.78 is 5.06. The Kier molecular flexibility index (Phi) is 2.25. The lowest BCUT2D eigenvalue weighted by molar-refractivity contribution is 0.0696. The zero-order valence-electron chi connectivity index (χ0n) is 8.02. The molecule has 0 bridgehead atoms. The molecule has 1 aromatic heterocycles. The summed E-state index contributed by atoms with van der Waals surface area (Å²) in [6.07, 6.45) is 2.94. The second-order valence-corrected chi connectivity index (χ2v) is 3.09. The summed E-state index contributed by atoms with van der Waals surface area (Å²) in [5, 5.41) is 8.92. The van der Waals surface area contributed by atoms with Crippen LogP contribution in [0.4, 0.5) is 0 Å². The fourth-order valence-corrected chi connectivity index (χ4v) is 1.27. The molecular formula is C11H8NO3. The van der Waals surface area contributed by atoms with Gasteiger partial charge in [-0.15, -0.1) is 0 Å². The molecule has 2 rings (SSSR count). The van der Waals surface area contributed by atoms with Crippen LogP contribution in [0.5, 0.6) is 0 Å². The van der Waals surface area contributed by atoms with Gasteiger partial charge in [0.15, 0.2) is 0 Å². The van der Waals surface area contributed by atoms with Crippen molar-refractivity contribution >= 4 is 5.97 Å². The van der Waals surface area contributed by atoms with Gasteiger partial charge in [-0.05, 0) is 30.7 Å². The number of benzene rings is 1. The molecule has 1 N–H and O–H groups in total. The molecule has 0 fully saturated rings. The quantitative estimate of drug-likeness (QED) is 0.810. The molecule has 0 amide bonds. The van der Waals surface area contributed by atoms with Crippen molar-refractivity contribution in [1.29, 1.82) is 0 Å². The zero-order valence-corrected chi connectivity index (χ0v) is 8.02. The second-order valence-electron chi connectivity index (χ2n) is 3.09. The fraction of sp³-hybridized carbons (Fsp3) is 0.0909. The van der Waals surface area contributed by atoms with Crippen LogP contribution < -0.4 is 0 Å². The second kappa shape index (κ2) is 3.57. The van der Waals surface area contributed by atoms with Gasteiger partial charge < -0.3 is 9.52 Å². The van der Waals surface area contributed by atoms with Gasteiger partial charge in [-0.3, -0.25) is 0 Å². The Labute approximate surface area is 86.2 Å². The minimum absolute atomic E-state index is 0.238. The average molecular weight is 202 g/mol. The molecule has 1 aromatic carbocycles. The highest BCUT2D eigenvalue weighted by Gasteiger charge is 2.10. The van der Waals surface area contributed by atoms with Gasteiger partial charge in [0, 0.05) is 5.56 Å². The number of aryl methyl sites for hydroxylation is 1. The van der Waals surface area contributed by atoms with Gasteiger partial charge >= 0.3 is 5.97 Å². The summed E-state index contributed by atoms with van der Waals surface area (Å²) in [6.45, 7) is 1.72. The van der Waals surface area contributed by atoms with Crippen LogP contribution >= 0.6 is 0 Å². The van der Waals surface area contributed by atoms with E-state index in [1.165, 1.54) is 18.5 Å². The number of hydrogen-bond acceptors (Lipinski definition) is 3. The molecule has 15 heavy (non-hydrogen) atoms. The van der Waals surface area contributed by atoms with Gasteiger partial charge in [0.05, 0.1) is 11.8 Å². The van der Waals surface area contributed by atoms with E-state index in [1.807, 2.05) is 0 Å². The third-order valence-corrected chi connectivity index (χ3v) is 2.05. The number of rotatable bonds is 2. The van der Waals surface area contributed by atoms with Crippen molar-refractivity contribution < 1.29 is 14.3 Å². The summed E-state index contributed by atoms with van der Waals surface area (Å²) in [4.78, 5) is 14.8. The van der Waals surface area contributed by atoms with Crippen molar-refractivity contribution in [2.45, 2.75) is 6.92 Å². The predicted octanol–water partition coefficient (Wildman–Crippen LogP) is 2.15. The number of aromatic carboxylic acids is 1. The highest BCUT2D eigenvalue weighted by molar-refractivity contribution is 5.90. The number of carboxylic acid groups (broad SMARTS) is 1. The van der Waals surface area contributed by atoms with E-state index in [0.29, 0.717) is 17.0 Å². The summed E-state index contributed by atoms with van der Waals surface area (Å²) in [7, 11) is 0. The molecule has 0 aliphatic heterocycles. The Hall–Kier alpha value is -2.10. The maximum Gasteiger partial charge on any atom is 0.335 e. The highest BCUT2D eigenvalue weighted by atomic mass is 16.4. The number of oxazole rings is 1. The standard InChI is InChI=1S/C11H8NO3/c1-7-2-3-8(6-9(7)11(13)14)10-12-4-5-15-10/h2,4-6H,1H3,(H,13,14). The molecule has 0 spiro atoms. The van der Waals surface area contributed by atoms with E-state index < -0.39 is 5.97 Å². The van der Waals surface area contributed by atoms with Gasteiger partial charge in [-0.2, -0.15) is 0 Å². The van der Waals surface area contributed by atoms with Gasteiger partial charge in [0.25, 0.3) is 0 Å². The first-order valence-electron chi connectivity index (χ1n) is 4.34. The third kappa shape index (κ3) is 1.74. The van der Waals surface area contributed by atoms with Crippen LogP contribution in [0.15, 0.2) is 29.0 Å². The minimum atomic E-state index is -0.964. The zero-order chi connectivity index (χ0) is 10.8. The molecule has 1 heterocycles. The Balaban J connectivity index is 2.52. The average Bonchev–Trinajstić information content (AvgIpc) is 2.71. The lowest BCUT2D eigenvalue weighted by Crippen LogP contribution is -1.99. The molecule has 0 aliphatic rings. The SMILES string of the molecule is Cc1c[c]c(-c2ncco2)cc1C(=O)O. The summed E-state index contributed by atoms with van der Waals surface area (Å²) in [6, 6.07) is 6.03. The summed E-state index contributed by atoms with van der Waals surface area (Å²) in [5.41, 5.74) is 1.45. The molecule has 1 radical (unpaired) electrons. The molecular weight excluding hydrogens is 194 g/mol. The predicted molar refractivity (Wildman–Crippen MR) is 52.5 cm³/mol. The number of nitrogens with zero attached hydrogens (tertiary/aromatic N) is 1. The number of carboxylic acids is 1. The van der Waals surface area contributed by atoms with Gasteiger partial charge in [0.2, 0.25) is 5.89 Å². The van der Waals surface area contributed by atoms with Crippen LogP contribution in [0.25, 0.3) is 11.5 Å². The topological polar surface area (TPSA) is 63.3 Å². The van der Waals surface area contributed by atoms with Crippen molar-refractivity contribution in [3.63, 3.8) is 0 Å². The number of carbonyl (C=O) groups is 1. The van der Waals surface area contributed by atoms with E-state index in [0.717, 1.165) is 0 Å². The molecule has 0 aliphatic carbocycles. The summed E-state index contributed by atoms with van der Waals surface area (Å²) in [5.74, 6) is -0.591. The smallest absolute Gasteiger partial charge is 0.335 e. The van der Waals surface area contributed by atoms with Crippen molar-refractivity contribution in [2.24, 2.45) is 0 Å². The normalized spacial score (nSPS) is 10.2. The molecule has 75 valence electrons. The van der Waals surface area contributed by atoms with Crippen LogP contribution in [0, 0.1) is 13.0 Å². The van der Waals surface area contributed by atoms with Crippen LogP contribution in [0.1, 0.15) is 15.9 Å². The van der Waals surface area contributed by atoms with Crippen molar-refractivity contribution in [1.82, 2.24) is 4.98 Å². The van der Waals surface area contributed by atoms with E-state index in [2.05, 4.69) is 11.1 Å². The van der Waals surface area contributed by atoms with Gasteiger partial charge in [0.1, 0.15) is 6.26 Å². The van der Waals surface area contributed by atoms with Crippen LogP contribution in [-0.2, 0) is 0 Å². The Morgan fingerprint density at radius 2 is 2.40 bits per heavy atom. The largest absolute Gasteiger partial charge is 0.478 e. The Morgan fingerprint density at radius 1 is 1.60 bits per heavy atom. The van der Waals surface area contributed by atoms with Gasteiger partial charge in [-0.1, -0.05) is 0 Å². The fourth-order valence-electron chi connectivity index (χ4n) is 1.27. The van der Waals surface area contributed by atoms with E-state index in [-0.39, 0.29) is 5.56 Å². The molecule has 2 aromatic rings. The Morgan fingerprint density at radius 3 is 3.00 bits per heavy atom. The van der Waals surface area contributed by atoms with Crippen LogP contribution in [0.2, 0.25) is 0 Å². The van der Waals surface area contributed by atoms with E-state index >= 15 is 0 Å². The maximum absolute atomic E-state index is 10.9. The molecule has 4 nitrogen and oxygen atoms in total. The van der Waals surface area contributed by atoms with Crippen LogP contribution in [0.3, 0.4) is 0 Å². The lowest BCUT2D eigenvalue weighted by atomic mass is 10.1. The minimum Gasteiger partial charge on any atom is -0.478 e. The van der Waals surface area contributed by atoms with Crippen LogP contribution in [-0.4, -0.2) is 16.1 Å². The summed E-state index contributed by atoms with van der Waals surface area (Å²) >= 11 is 0. The van der Waals surface area contributed by atoms with Crippen molar-refractivity contribution in [3.8, 4) is 11.5 Å². The number of hydrogen-bond donors (Lipinski definition) is 1. The molecule has 4 heteroatoms.